The van der Waals surface area contributed by atoms with Gasteiger partial charge in [-0.1, -0.05) is 29.8 Å². The summed E-state index contributed by atoms with van der Waals surface area (Å²) < 4.78 is 11.2. The van der Waals surface area contributed by atoms with Crippen LogP contribution >= 0.6 is 22.9 Å². The summed E-state index contributed by atoms with van der Waals surface area (Å²) in [5, 5.41) is 1.22. The summed E-state index contributed by atoms with van der Waals surface area (Å²) in [4.78, 5) is 24.3. The highest BCUT2D eigenvalue weighted by Gasteiger charge is 2.19. The zero-order valence-electron chi connectivity index (χ0n) is 12.7. The van der Waals surface area contributed by atoms with Crippen molar-refractivity contribution in [2.75, 3.05) is 6.61 Å². The van der Waals surface area contributed by atoms with E-state index in [0.29, 0.717) is 27.8 Å². The molecule has 0 unspecified atom stereocenters. The summed E-state index contributed by atoms with van der Waals surface area (Å²) >= 11 is 7.55. The summed E-state index contributed by atoms with van der Waals surface area (Å²) in [5.74, 6) is -0.602. The lowest BCUT2D eigenvalue weighted by Gasteiger charge is -2.05. The van der Waals surface area contributed by atoms with Crippen LogP contribution in [0.15, 0.2) is 48.5 Å². The number of thiophene rings is 1. The molecule has 0 aliphatic heterocycles. The maximum Gasteiger partial charge on any atom is 0.355 e. The van der Waals surface area contributed by atoms with Crippen molar-refractivity contribution in [2.45, 2.75) is 6.92 Å². The minimum absolute atomic E-state index is 0.306. The average molecular weight is 361 g/mol. The molecule has 122 valence electrons. The van der Waals surface area contributed by atoms with Gasteiger partial charge in [-0.05, 0) is 37.3 Å². The van der Waals surface area contributed by atoms with Gasteiger partial charge in [-0.3, -0.25) is 0 Å². The summed E-state index contributed by atoms with van der Waals surface area (Å²) in [5.41, 5.74) is 0.400. The van der Waals surface area contributed by atoms with E-state index in [2.05, 4.69) is 0 Å². The Morgan fingerprint density at radius 3 is 2.42 bits per heavy atom. The van der Waals surface area contributed by atoms with Crippen LogP contribution in [0.5, 0.6) is 5.75 Å². The Hall–Kier alpha value is -2.37. The van der Waals surface area contributed by atoms with Crippen molar-refractivity contribution in [2.24, 2.45) is 0 Å². The van der Waals surface area contributed by atoms with Crippen molar-refractivity contribution in [1.82, 2.24) is 0 Å². The number of halogens is 1. The number of esters is 2. The third-order valence-corrected chi connectivity index (χ3v) is 4.95. The smallest absolute Gasteiger partial charge is 0.355 e. The largest absolute Gasteiger partial charge is 0.462 e. The van der Waals surface area contributed by atoms with Gasteiger partial charge in [0.05, 0.1) is 17.2 Å². The van der Waals surface area contributed by atoms with Crippen molar-refractivity contribution < 1.29 is 19.1 Å². The molecule has 0 saturated carbocycles. The number of hydrogen-bond acceptors (Lipinski definition) is 5. The van der Waals surface area contributed by atoms with Crippen LogP contribution in [0.3, 0.4) is 0 Å². The highest BCUT2D eigenvalue weighted by Crippen LogP contribution is 2.35. The average Bonchev–Trinajstić information content (AvgIpc) is 2.93. The van der Waals surface area contributed by atoms with E-state index in [1.54, 1.807) is 31.2 Å². The number of ether oxygens (including phenoxy) is 2. The van der Waals surface area contributed by atoms with Crippen LogP contribution in [0.25, 0.3) is 10.1 Å². The Kier molecular flexibility index (Phi) is 4.83. The van der Waals surface area contributed by atoms with Gasteiger partial charge in [0.2, 0.25) is 0 Å². The summed E-state index contributed by atoms with van der Waals surface area (Å²) in [6, 6.07) is 13.7. The van der Waals surface area contributed by atoms with Crippen molar-refractivity contribution in [3.05, 3.63) is 64.0 Å². The highest BCUT2D eigenvalue weighted by atomic mass is 35.5. The van der Waals surface area contributed by atoms with Gasteiger partial charge < -0.3 is 9.47 Å². The van der Waals surface area contributed by atoms with Crippen molar-refractivity contribution in [3.8, 4) is 5.75 Å². The minimum Gasteiger partial charge on any atom is -0.462 e. The van der Waals surface area contributed by atoms with E-state index < -0.39 is 11.9 Å². The molecule has 0 spiro atoms. The van der Waals surface area contributed by atoms with Crippen molar-refractivity contribution in [1.29, 1.82) is 0 Å². The van der Waals surface area contributed by atoms with Gasteiger partial charge in [0.25, 0.3) is 0 Å². The zero-order valence-corrected chi connectivity index (χ0v) is 14.3. The number of carbonyl (C=O) groups is 2. The maximum atomic E-state index is 12.3. The summed E-state index contributed by atoms with van der Waals surface area (Å²) in [7, 11) is 0. The first-order valence-electron chi connectivity index (χ1n) is 7.26. The Bertz CT molecular complexity index is 899. The van der Waals surface area contributed by atoms with Gasteiger partial charge in [0.15, 0.2) is 0 Å². The fourth-order valence-corrected chi connectivity index (χ4v) is 3.56. The summed E-state index contributed by atoms with van der Waals surface area (Å²) in [6.45, 7) is 2.04. The second-order valence-corrected chi connectivity index (χ2v) is 6.31. The predicted molar refractivity (Wildman–Crippen MR) is 94.2 cm³/mol. The first-order valence-corrected chi connectivity index (χ1v) is 8.46. The standard InChI is InChI=1S/C18H13ClO4S/c1-2-22-17(20)11-7-9-12(10-8-11)23-18(21)16-15(19)13-5-3-4-6-14(13)24-16/h3-10H,2H2,1H3. The SMILES string of the molecule is CCOC(=O)c1ccc(OC(=O)c2sc3ccccc3c2Cl)cc1. The maximum absolute atomic E-state index is 12.3. The quantitative estimate of drug-likeness (QED) is 0.488. The molecule has 0 radical (unpaired) electrons. The van der Waals surface area contributed by atoms with Gasteiger partial charge in [0, 0.05) is 10.1 Å². The first-order chi connectivity index (χ1) is 11.6. The molecule has 0 N–H and O–H groups in total. The lowest BCUT2D eigenvalue weighted by molar-refractivity contribution is 0.0526. The second kappa shape index (κ2) is 7.03. The molecule has 0 fully saturated rings. The molecule has 0 amide bonds. The van der Waals surface area contributed by atoms with E-state index in [1.807, 2.05) is 24.3 Å². The fraction of sp³-hybridized carbons (Fsp3) is 0.111. The van der Waals surface area contributed by atoms with Gasteiger partial charge in [0.1, 0.15) is 10.6 Å². The van der Waals surface area contributed by atoms with Crippen LogP contribution in [0.1, 0.15) is 27.0 Å². The molecule has 4 nitrogen and oxygen atoms in total. The molecule has 24 heavy (non-hydrogen) atoms. The number of carbonyl (C=O) groups excluding carboxylic acids is 2. The molecular formula is C18H13ClO4S. The van der Waals surface area contributed by atoms with E-state index in [0.717, 1.165) is 10.1 Å². The Morgan fingerprint density at radius 2 is 1.75 bits per heavy atom. The Morgan fingerprint density at radius 1 is 1.04 bits per heavy atom. The molecule has 0 aliphatic carbocycles. The van der Waals surface area contributed by atoms with Crippen molar-refractivity contribution in [3.63, 3.8) is 0 Å². The van der Waals surface area contributed by atoms with E-state index in [1.165, 1.54) is 11.3 Å². The Labute approximate surface area is 147 Å². The monoisotopic (exact) mass is 360 g/mol. The number of benzene rings is 2. The van der Waals surface area contributed by atoms with E-state index in [9.17, 15) is 9.59 Å². The fourth-order valence-electron chi connectivity index (χ4n) is 2.17. The number of fused-ring (bicyclic) bond motifs is 1. The second-order valence-electron chi connectivity index (χ2n) is 4.88. The molecule has 3 rings (SSSR count). The molecule has 0 saturated heterocycles. The molecule has 0 aliphatic rings. The highest BCUT2D eigenvalue weighted by molar-refractivity contribution is 7.21. The molecule has 0 bridgehead atoms. The molecular weight excluding hydrogens is 348 g/mol. The van der Waals surface area contributed by atoms with E-state index in [-0.39, 0.29) is 0 Å². The third-order valence-electron chi connectivity index (χ3n) is 3.30. The number of hydrogen-bond donors (Lipinski definition) is 0. The molecule has 3 aromatic rings. The molecule has 1 heterocycles. The van der Waals surface area contributed by atoms with Crippen LogP contribution in [0.4, 0.5) is 0 Å². The molecule has 2 aromatic carbocycles. The van der Waals surface area contributed by atoms with Gasteiger partial charge in [-0.2, -0.15) is 0 Å². The Balaban J connectivity index is 1.79. The van der Waals surface area contributed by atoms with E-state index in [4.69, 9.17) is 21.1 Å². The number of rotatable bonds is 4. The molecule has 1 aromatic heterocycles. The van der Waals surface area contributed by atoms with Crippen LogP contribution in [0.2, 0.25) is 5.02 Å². The summed E-state index contributed by atoms with van der Waals surface area (Å²) in [6.07, 6.45) is 0. The van der Waals surface area contributed by atoms with Gasteiger partial charge in [-0.15, -0.1) is 11.3 Å². The van der Waals surface area contributed by atoms with Gasteiger partial charge in [-0.25, -0.2) is 9.59 Å². The normalized spacial score (nSPS) is 10.6. The van der Waals surface area contributed by atoms with Crippen molar-refractivity contribution >= 4 is 45.0 Å². The van der Waals surface area contributed by atoms with E-state index >= 15 is 0 Å². The minimum atomic E-state index is -0.523. The topological polar surface area (TPSA) is 52.6 Å². The lowest BCUT2D eigenvalue weighted by atomic mass is 10.2. The predicted octanol–water partition coefficient (Wildman–Crippen LogP) is 4.95. The van der Waals surface area contributed by atoms with Crippen LogP contribution in [-0.4, -0.2) is 18.5 Å². The van der Waals surface area contributed by atoms with Gasteiger partial charge >= 0.3 is 11.9 Å². The first kappa shape index (κ1) is 16.5. The van der Waals surface area contributed by atoms with Crippen LogP contribution < -0.4 is 4.74 Å². The van der Waals surface area contributed by atoms with Crippen LogP contribution in [-0.2, 0) is 4.74 Å². The third kappa shape index (κ3) is 3.27. The zero-order chi connectivity index (χ0) is 17.1. The lowest BCUT2D eigenvalue weighted by Crippen LogP contribution is -2.08. The molecule has 6 heteroatoms. The molecule has 0 atom stereocenters. The van der Waals surface area contributed by atoms with Crippen LogP contribution in [0, 0.1) is 0 Å².